The molecule has 0 fully saturated rings. The molecule has 0 saturated carbocycles. The standard InChI is InChI=1S/C34H35NSSi/c1-21-16-29-23(18-25(21)20-37(5,6)7)12-13-27-28-14-15-35-31(33(28)36-32(27)29)24-17-22-10-8-9-11-26(22)30(19-24)34(2,3)4/h8-19H,20H2,1-7H3. The molecule has 2 aromatic heterocycles. The molecule has 0 aliphatic heterocycles. The zero-order valence-electron chi connectivity index (χ0n) is 23.0. The Hall–Kier alpha value is -3.01. The first kappa shape index (κ1) is 24.3. The molecule has 0 atom stereocenters. The van der Waals surface area contributed by atoms with Crippen LogP contribution < -0.4 is 0 Å². The summed E-state index contributed by atoms with van der Waals surface area (Å²) in [6, 6.07) is 26.4. The Labute approximate surface area is 225 Å². The van der Waals surface area contributed by atoms with Gasteiger partial charge in [0.25, 0.3) is 0 Å². The minimum Gasteiger partial charge on any atom is -0.255 e. The lowest BCUT2D eigenvalue weighted by Crippen LogP contribution is -2.24. The lowest BCUT2D eigenvalue weighted by atomic mass is 9.82. The maximum atomic E-state index is 4.97. The highest BCUT2D eigenvalue weighted by molar-refractivity contribution is 7.27. The summed E-state index contributed by atoms with van der Waals surface area (Å²) >= 11 is 1.91. The highest BCUT2D eigenvalue weighted by Crippen LogP contribution is 2.44. The van der Waals surface area contributed by atoms with E-state index >= 15 is 0 Å². The topological polar surface area (TPSA) is 12.9 Å². The Morgan fingerprint density at radius 3 is 2.24 bits per heavy atom. The molecule has 0 saturated heterocycles. The molecular formula is C34H35NSSi. The second-order valence-corrected chi connectivity index (χ2v) is 19.3. The van der Waals surface area contributed by atoms with Gasteiger partial charge in [0.05, 0.1) is 10.4 Å². The number of rotatable bonds is 3. The third-order valence-electron chi connectivity index (χ3n) is 7.49. The monoisotopic (exact) mass is 517 g/mol. The maximum absolute atomic E-state index is 4.97. The minimum atomic E-state index is -1.19. The molecule has 186 valence electrons. The first-order valence-corrected chi connectivity index (χ1v) is 17.8. The van der Waals surface area contributed by atoms with Crippen LogP contribution in [0.4, 0.5) is 0 Å². The first-order chi connectivity index (χ1) is 17.5. The Bertz CT molecular complexity index is 1830. The third-order valence-corrected chi connectivity index (χ3v) is 10.2. The fraction of sp³-hybridized carbons (Fsp3) is 0.265. The summed E-state index contributed by atoms with van der Waals surface area (Å²) in [4.78, 5) is 4.97. The SMILES string of the molecule is Cc1cc2c(ccc3c4ccnc(-c5cc(C(C)(C)C)c6ccccc6c5)c4sc23)cc1C[Si](C)(C)C. The van der Waals surface area contributed by atoms with Gasteiger partial charge in [0, 0.05) is 35.3 Å². The van der Waals surface area contributed by atoms with Crippen molar-refractivity contribution in [2.75, 3.05) is 0 Å². The molecule has 0 amide bonds. The maximum Gasteiger partial charge on any atom is 0.0880 e. The molecule has 37 heavy (non-hydrogen) atoms. The lowest BCUT2D eigenvalue weighted by molar-refractivity contribution is 0.596. The minimum absolute atomic E-state index is 0.0466. The quantitative estimate of drug-likeness (QED) is 0.213. The number of nitrogens with zero attached hydrogens (tertiary/aromatic N) is 1. The second kappa shape index (κ2) is 8.51. The molecule has 0 unspecified atom stereocenters. The summed E-state index contributed by atoms with van der Waals surface area (Å²) in [7, 11) is -1.19. The number of hydrogen-bond donors (Lipinski definition) is 0. The van der Waals surface area contributed by atoms with Crippen LogP contribution in [0.5, 0.6) is 0 Å². The molecule has 4 aromatic carbocycles. The van der Waals surface area contributed by atoms with E-state index in [9.17, 15) is 0 Å². The largest absolute Gasteiger partial charge is 0.255 e. The Balaban J connectivity index is 1.61. The van der Waals surface area contributed by atoms with Gasteiger partial charge < -0.3 is 0 Å². The molecule has 0 radical (unpaired) electrons. The molecule has 6 aromatic rings. The zero-order chi connectivity index (χ0) is 26.1. The number of pyridine rings is 1. The highest BCUT2D eigenvalue weighted by atomic mass is 32.1. The van der Waals surface area contributed by atoms with Gasteiger partial charge in [0.2, 0.25) is 0 Å². The van der Waals surface area contributed by atoms with Crippen LogP contribution in [-0.2, 0) is 11.5 Å². The molecule has 0 spiro atoms. The van der Waals surface area contributed by atoms with Gasteiger partial charge in [-0.2, -0.15) is 0 Å². The van der Waals surface area contributed by atoms with Gasteiger partial charge in [-0.3, -0.25) is 4.98 Å². The average molecular weight is 518 g/mol. The molecule has 1 nitrogen and oxygen atoms in total. The van der Waals surface area contributed by atoms with Crippen LogP contribution in [0, 0.1) is 6.92 Å². The van der Waals surface area contributed by atoms with Crippen LogP contribution in [0.15, 0.2) is 72.9 Å². The van der Waals surface area contributed by atoms with Gasteiger partial charge in [0.15, 0.2) is 0 Å². The molecule has 2 heterocycles. The van der Waals surface area contributed by atoms with Crippen molar-refractivity contribution in [2.24, 2.45) is 0 Å². The Morgan fingerprint density at radius 1 is 0.757 bits per heavy atom. The molecule has 0 aliphatic carbocycles. The Kier molecular flexibility index (Phi) is 5.59. The van der Waals surface area contributed by atoms with Crippen LogP contribution in [0.1, 0.15) is 37.5 Å². The van der Waals surface area contributed by atoms with Gasteiger partial charge in [-0.1, -0.05) is 82.9 Å². The van der Waals surface area contributed by atoms with Crippen LogP contribution in [0.2, 0.25) is 19.6 Å². The van der Waals surface area contributed by atoms with Crippen molar-refractivity contribution in [3.05, 3.63) is 89.6 Å². The van der Waals surface area contributed by atoms with Crippen LogP contribution in [0.25, 0.3) is 53.0 Å². The molecule has 0 N–H and O–H groups in total. The third kappa shape index (κ3) is 4.28. The van der Waals surface area contributed by atoms with Crippen LogP contribution in [-0.4, -0.2) is 13.1 Å². The van der Waals surface area contributed by atoms with Crippen molar-refractivity contribution in [2.45, 2.75) is 58.8 Å². The average Bonchev–Trinajstić information content (AvgIpc) is 3.22. The molecule has 3 heteroatoms. The highest BCUT2D eigenvalue weighted by Gasteiger charge is 2.21. The summed E-state index contributed by atoms with van der Waals surface area (Å²) in [6.07, 6.45) is 1.99. The number of hydrogen-bond acceptors (Lipinski definition) is 2. The van der Waals surface area contributed by atoms with Crippen LogP contribution >= 0.6 is 11.3 Å². The fourth-order valence-electron chi connectivity index (χ4n) is 5.72. The number of aromatic nitrogens is 1. The summed E-state index contributed by atoms with van der Waals surface area (Å²) < 4.78 is 2.66. The summed E-state index contributed by atoms with van der Waals surface area (Å²) in [5.74, 6) is 0. The Morgan fingerprint density at radius 2 is 1.49 bits per heavy atom. The molecular weight excluding hydrogens is 483 g/mol. The predicted octanol–water partition coefficient (Wildman–Crippen LogP) is 10.4. The van der Waals surface area contributed by atoms with Gasteiger partial charge in [-0.05, 0) is 80.9 Å². The van der Waals surface area contributed by atoms with E-state index in [1.165, 1.54) is 70.0 Å². The summed E-state index contributed by atoms with van der Waals surface area (Å²) in [5, 5.41) is 7.98. The number of benzene rings is 4. The predicted molar refractivity (Wildman–Crippen MR) is 168 cm³/mol. The van der Waals surface area contributed by atoms with E-state index in [0.717, 1.165) is 5.69 Å². The van der Waals surface area contributed by atoms with Gasteiger partial charge in [-0.15, -0.1) is 11.3 Å². The van der Waals surface area contributed by atoms with Crippen molar-refractivity contribution in [3.63, 3.8) is 0 Å². The van der Waals surface area contributed by atoms with Gasteiger partial charge in [-0.25, -0.2) is 0 Å². The van der Waals surface area contributed by atoms with E-state index in [-0.39, 0.29) is 5.41 Å². The van der Waals surface area contributed by atoms with E-state index in [2.05, 4.69) is 114 Å². The van der Waals surface area contributed by atoms with Crippen molar-refractivity contribution >= 4 is 61.1 Å². The first-order valence-electron chi connectivity index (χ1n) is 13.3. The van der Waals surface area contributed by atoms with Gasteiger partial charge in [0.1, 0.15) is 0 Å². The molecule has 0 aliphatic rings. The summed E-state index contributed by atoms with van der Waals surface area (Å²) in [6.45, 7) is 16.6. The fourth-order valence-corrected chi connectivity index (χ4v) is 8.58. The number of aryl methyl sites for hydroxylation is 1. The van der Waals surface area contributed by atoms with Crippen molar-refractivity contribution < 1.29 is 0 Å². The number of fused-ring (bicyclic) bond motifs is 6. The van der Waals surface area contributed by atoms with E-state index < -0.39 is 8.07 Å². The lowest BCUT2D eigenvalue weighted by Gasteiger charge is -2.22. The van der Waals surface area contributed by atoms with Crippen LogP contribution in [0.3, 0.4) is 0 Å². The molecule has 6 rings (SSSR count). The normalized spacial score (nSPS) is 12.8. The number of thiophene rings is 1. The van der Waals surface area contributed by atoms with E-state index in [4.69, 9.17) is 4.98 Å². The van der Waals surface area contributed by atoms with E-state index in [1.54, 1.807) is 0 Å². The molecule has 0 bridgehead atoms. The summed E-state index contributed by atoms with van der Waals surface area (Å²) in [5.41, 5.74) is 6.65. The van der Waals surface area contributed by atoms with Crippen molar-refractivity contribution in [1.82, 2.24) is 4.98 Å². The van der Waals surface area contributed by atoms with E-state index in [1.807, 2.05) is 17.5 Å². The van der Waals surface area contributed by atoms with Gasteiger partial charge >= 0.3 is 0 Å². The van der Waals surface area contributed by atoms with Crippen molar-refractivity contribution in [1.29, 1.82) is 0 Å². The zero-order valence-corrected chi connectivity index (χ0v) is 24.8. The smallest absolute Gasteiger partial charge is 0.0880 e. The van der Waals surface area contributed by atoms with Crippen molar-refractivity contribution in [3.8, 4) is 11.3 Å². The second-order valence-electron chi connectivity index (χ2n) is 12.8. The van der Waals surface area contributed by atoms with E-state index in [0.29, 0.717) is 0 Å².